The van der Waals surface area contributed by atoms with Crippen LogP contribution in [-0.4, -0.2) is 12.3 Å². The molecule has 1 heterocycles. The van der Waals surface area contributed by atoms with E-state index < -0.39 is 5.82 Å². The molecule has 13 heavy (non-hydrogen) atoms. The molecule has 0 N–H and O–H groups in total. The second kappa shape index (κ2) is 3.24. The molecule has 0 amide bonds. The van der Waals surface area contributed by atoms with Crippen molar-refractivity contribution in [2.24, 2.45) is 4.99 Å². The van der Waals surface area contributed by atoms with Gasteiger partial charge in [-0.1, -0.05) is 0 Å². The number of hydrogen-bond donors (Lipinski definition) is 0. The van der Waals surface area contributed by atoms with Crippen molar-refractivity contribution < 1.29 is 8.78 Å². The zero-order chi connectivity index (χ0) is 9.26. The largest absolute Gasteiger partial charge is 0.289 e. The van der Waals surface area contributed by atoms with Crippen molar-refractivity contribution in [1.29, 1.82) is 0 Å². The first-order chi connectivity index (χ1) is 6.27. The number of benzene rings is 1. The lowest BCUT2D eigenvalue weighted by Crippen LogP contribution is -2.00. The number of nitrogens with zero attached hydrogens (tertiary/aromatic N) is 1. The third kappa shape index (κ3) is 1.59. The molecule has 1 aliphatic rings. The molecule has 68 valence electrons. The summed E-state index contributed by atoms with van der Waals surface area (Å²) in [7, 11) is 0. The number of rotatable bonds is 1. The minimum atomic E-state index is -0.411. The molecule has 0 bridgehead atoms. The smallest absolute Gasteiger partial charge is 0.132 e. The van der Waals surface area contributed by atoms with E-state index in [1.165, 1.54) is 6.07 Å². The van der Waals surface area contributed by atoms with E-state index in [0.29, 0.717) is 11.3 Å². The van der Waals surface area contributed by atoms with E-state index in [1.54, 1.807) is 0 Å². The van der Waals surface area contributed by atoms with E-state index >= 15 is 0 Å². The highest BCUT2D eigenvalue weighted by atomic mass is 19.1. The van der Waals surface area contributed by atoms with Crippen molar-refractivity contribution in [3.05, 3.63) is 35.4 Å². The van der Waals surface area contributed by atoms with Gasteiger partial charge in [0, 0.05) is 17.8 Å². The molecule has 0 saturated carbocycles. The molecule has 1 aromatic carbocycles. The van der Waals surface area contributed by atoms with Crippen LogP contribution in [0.4, 0.5) is 8.78 Å². The van der Waals surface area contributed by atoms with Gasteiger partial charge < -0.3 is 0 Å². The van der Waals surface area contributed by atoms with Gasteiger partial charge in [-0.05, 0) is 31.0 Å². The maximum Gasteiger partial charge on any atom is 0.132 e. The summed E-state index contributed by atoms with van der Waals surface area (Å²) in [4.78, 5) is 4.12. The molecule has 0 aliphatic carbocycles. The van der Waals surface area contributed by atoms with Gasteiger partial charge in [0.25, 0.3) is 0 Å². The summed E-state index contributed by atoms with van der Waals surface area (Å²) in [5.74, 6) is -0.798. The Morgan fingerprint density at radius 3 is 2.77 bits per heavy atom. The topological polar surface area (TPSA) is 12.4 Å². The van der Waals surface area contributed by atoms with Gasteiger partial charge >= 0.3 is 0 Å². The molecule has 0 unspecified atom stereocenters. The highest BCUT2D eigenvalue weighted by molar-refractivity contribution is 6.01. The monoisotopic (exact) mass is 181 g/mol. The first-order valence-electron chi connectivity index (χ1n) is 4.26. The fourth-order valence-corrected chi connectivity index (χ4v) is 1.48. The first-order valence-corrected chi connectivity index (χ1v) is 4.26. The molecular weight excluding hydrogens is 172 g/mol. The second-order valence-electron chi connectivity index (χ2n) is 3.06. The third-order valence-corrected chi connectivity index (χ3v) is 2.11. The molecule has 1 aliphatic heterocycles. The van der Waals surface area contributed by atoms with Crippen LogP contribution in [0.15, 0.2) is 23.2 Å². The molecule has 0 aromatic heterocycles. The summed E-state index contributed by atoms with van der Waals surface area (Å²) >= 11 is 0. The summed E-state index contributed by atoms with van der Waals surface area (Å²) in [6.45, 7) is 0.727. The van der Waals surface area contributed by atoms with Crippen LogP contribution in [-0.2, 0) is 0 Å². The van der Waals surface area contributed by atoms with Crippen LogP contribution in [0.1, 0.15) is 18.4 Å². The van der Waals surface area contributed by atoms with Crippen molar-refractivity contribution in [3.8, 4) is 0 Å². The van der Waals surface area contributed by atoms with Gasteiger partial charge in [0.05, 0.1) is 0 Å². The number of hydrogen-bond acceptors (Lipinski definition) is 1. The number of halogens is 2. The Bertz CT molecular complexity index is 358. The van der Waals surface area contributed by atoms with E-state index in [-0.39, 0.29) is 5.82 Å². The fourth-order valence-electron chi connectivity index (χ4n) is 1.48. The Morgan fingerprint density at radius 1 is 1.23 bits per heavy atom. The molecule has 0 atom stereocenters. The van der Waals surface area contributed by atoms with Crippen molar-refractivity contribution in [1.82, 2.24) is 0 Å². The average Bonchev–Trinajstić information content (AvgIpc) is 2.61. The van der Waals surface area contributed by atoms with Gasteiger partial charge in [-0.2, -0.15) is 0 Å². The molecule has 0 fully saturated rings. The Balaban J connectivity index is 2.43. The van der Waals surface area contributed by atoms with Crippen LogP contribution in [0, 0.1) is 11.6 Å². The standard InChI is InChI=1S/C10H9F2N/c11-7-3-4-9(12)8(6-7)10-2-1-5-13-10/h3-4,6H,1-2,5H2. The zero-order valence-electron chi connectivity index (χ0n) is 7.06. The molecule has 3 heteroatoms. The Hall–Kier alpha value is -1.25. The van der Waals surface area contributed by atoms with Crippen LogP contribution in [0.5, 0.6) is 0 Å². The lowest BCUT2D eigenvalue weighted by Gasteiger charge is -2.01. The highest BCUT2D eigenvalue weighted by Crippen LogP contribution is 2.17. The lowest BCUT2D eigenvalue weighted by molar-refractivity contribution is 0.598. The van der Waals surface area contributed by atoms with Crippen LogP contribution in [0.2, 0.25) is 0 Å². The van der Waals surface area contributed by atoms with Crippen molar-refractivity contribution in [3.63, 3.8) is 0 Å². The Morgan fingerprint density at radius 2 is 2.08 bits per heavy atom. The normalized spacial score (nSPS) is 16.0. The zero-order valence-corrected chi connectivity index (χ0v) is 7.06. The lowest BCUT2D eigenvalue weighted by atomic mass is 10.1. The maximum absolute atomic E-state index is 13.2. The van der Waals surface area contributed by atoms with E-state index in [2.05, 4.69) is 4.99 Å². The molecule has 0 saturated heterocycles. The SMILES string of the molecule is Fc1ccc(F)c(C2=NCCC2)c1. The van der Waals surface area contributed by atoms with Crippen LogP contribution >= 0.6 is 0 Å². The maximum atomic E-state index is 13.2. The predicted octanol–water partition coefficient (Wildman–Crippen LogP) is 2.55. The van der Waals surface area contributed by atoms with Crippen LogP contribution < -0.4 is 0 Å². The summed E-state index contributed by atoms with van der Waals surface area (Å²) in [6, 6.07) is 3.47. The predicted molar refractivity (Wildman–Crippen MR) is 47.0 cm³/mol. The highest BCUT2D eigenvalue weighted by Gasteiger charge is 2.13. The van der Waals surface area contributed by atoms with Gasteiger partial charge in [-0.25, -0.2) is 8.78 Å². The second-order valence-corrected chi connectivity index (χ2v) is 3.06. The van der Waals surface area contributed by atoms with Gasteiger partial charge in [-0.15, -0.1) is 0 Å². The third-order valence-electron chi connectivity index (χ3n) is 2.11. The molecular formula is C10H9F2N. The summed E-state index contributed by atoms with van der Waals surface area (Å²) in [5, 5.41) is 0. The molecule has 0 spiro atoms. The minimum absolute atomic E-state index is 0.317. The molecule has 2 rings (SSSR count). The summed E-state index contributed by atoms with van der Waals surface area (Å²) < 4.78 is 26.0. The van der Waals surface area contributed by atoms with Gasteiger partial charge in [0.15, 0.2) is 0 Å². The molecule has 0 radical (unpaired) electrons. The van der Waals surface area contributed by atoms with Gasteiger partial charge in [-0.3, -0.25) is 4.99 Å². The van der Waals surface area contributed by atoms with Crippen LogP contribution in [0.25, 0.3) is 0 Å². The average molecular weight is 181 g/mol. The summed E-state index contributed by atoms with van der Waals surface area (Å²) in [5.41, 5.74) is 1.01. The molecule has 1 nitrogen and oxygen atoms in total. The van der Waals surface area contributed by atoms with E-state index in [9.17, 15) is 8.78 Å². The first kappa shape index (κ1) is 8.35. The van der Waals surface area contributed by atoms with Gasteiger partial charge in [0.2, 0.25) is 0 Å². The van der Waals surface area contributed by atoms with Crippen molar-refractivity contribution >= 4 is 5.71 Å². The van der Waals surface area contributed by atoms with E-state index in [4.69, 9.17) is 0 Å². The van der Waals surface area contributed by atoms with E-state index in [0.717, 1.165) is 31.5 Å². The summed E-state index contributed by atoms with van der Waals surface area (Å²) in [6.07, 6.45) is 1.69. The van der Waals surface area contributed by atoms with Gasteiger partial charge in [0.1, 0.15) is 11.6 Å². The van der Waals surface area contributed by atoms with E-state index in [1.807, 2.05) is 0 Å². The Labute approximate surface area is 75.1 Å². The number of aliphatic imine (C=N–C) groups is 1. The van der Waals surface area contributed by atoms with Crippen LogP contribution in [0.3, 0.4) is 0 Å². The minimum Gasteiger partial charge on any atom is -0.289 e. The Kier molecular flexibility index (Phi) is 2.08. The quantitative estimate of drug-likeness (QED) is 0.631. The molecule has 1 aromatic rings. The fraction of sp³-hybridized carbons (Fsp3) is 0.300. The van der Waals surface area contributed by atoms with Crippen molar-refractivity contribution in [2.45, 2.75) is 12.8 Å². The van der Waals surface area contributed by atoms with Crippen molar-refractivity contribution in [2.75, 3.05) is 6.54 Å².